The van der Waals surface area contributed by atoms with Gasteiger partial charge in [-0.2, -0.15) is 0 Å². The zero-order valence-corrected chi connectivity index (χ0v) is 8.82. The van der Waals surface area contributed by atoms with E-state index in [2.05, 4.69) is 6.58 Å². The van der Waals surface area contributed by atoms with Crippen molar-refractivity contribution >= 4 is 5.97 Å². The third-order valence-corrected chi connectivity index (χ3v) is 1.49. The number of quaternary nitrogens is 1. The zero-order valence-electron chi connectivity index (χ0n) is 8.82. The van der Waals surface area contributed by atoms with E-state index in [0.717, 1.165) is 5.57 Å². The number of hydrogen-bond acceptors (Lipinski definition) is 2. The topological polar surface area (TPSA) is 42.9 Å². The molecule has 3 heteroatoms. The summed E-state index contributed by atoms with van der Waals surface area (Å²) < 4.78 is 4.84. The highest BCUT2D eigenvalue weighted by Gasteiger charge is 2.03. The largest absolute Gasteiger partial charge is 0.466 e. The van der Waals surface area contributed by atoms with Gasteiger partial charge >= 0.3 is 5.97 Å². The van der Waals surface area contributed by atoms with Crippen LogP contribution < -0.4 is 5.32 Å². The van der Waals surface area contributed by atoms with Crippen molar-refractivity contribution in [1.29, 1.82) is 0 Å². The van der Waals surface area contributed by atoms with E-state index in [9.17, 15) is 4.79 Å². The molecule has 0 saturated heterocycles. The van der Waals surface area contributed by atoms with Gasteiger partial charge in [0.2, 0.25) is 0 Å². The molecule has 78 valence electrons. The van der Waals surface area contributed by atoms with E-state index in [1.54, 1.807) is 19.1 Å². The molecular formula is C11H18NO2+. The molecule has 3 nitrogen and oxygen atoms in total. The third-order valence-electron chi connectivity index (χ3n) is 1.49. The first kappa shape index (κ1) is 12.7. The molecule has 0 heterocycles. The fourth-order valence-corrected chi connectivity index (χ4v) is 0.923. The van der Waals surface area contributed by atoms with Crippen LogP contribution in [0.15, 0.2) is 36.6 Å². The van der Waals surface area contributed by atoms with Crippen molar-refractivity contribution < 1.29 is 14.8 Å². The van der Waals surface area contributed by atoms with E-state index in [0.29, 0.717) is 13.0 Å². The van der Waals surface area contributed by atoms with E-state index in [1.165, 1.54) is 0 Å². The lowest BCUT2D eigenvalue weighted by molar-refractivity contribution is -0.556. The van der Waals surface area contributed by atoms with Crippen LogP contribution in [0.5, 0.6) is 0 Å². The van der Waals surface area contributed by atoms with Gasteiger partial charge in [-0.3, -0.25) is 4.79 Å². The van der Waals surface area contributed by atoms with Crippen molar-refractivity contribution in [2.75, 3.05) is 13.7 Å². The quantitative estimate of drug-likeness (QED) is 0.503. The Kier molecular flexibility index (Phi) is 7.46. The van der Waals surface area contributed by atoms with Gasteiger partial charge in [-0.05, 0) is 18.6 Å². The summed E-state index contributed by atoms with van der Waals surface area (Å²) in [6, 6.07) is 0. The molecule has 0 radical (unpaired) electrons. The number of rotatable bonds is 6. The summed E-state index contributed by atoms with van der Waals surface area (Å²) in [7, 11) is 1.92. The number of esters is 1. The Morgan fingerprint density at radius 1 is 1.57 bits per heavy atom. The Morgan fingerprint density at radius 3 is 2.79 bits per heavy atom. The van der Waals surface area contributed by atoms with Crippen LogP contribution in [-0.4, -0.2) is 19.6 Å². The summed E-state index contributed by atoms with van der Waals surface area (Å²) in [5.74, 6) is -0.207. The maximum atomic E-state index is 11.1. The first-order valence-electron chi connectivity index (χ1n) is 4.67. The van der Waals surface area contributed by atoms with Gasteiger partial charge in [0.15, 0.2) is 0 Å². The highest BCUT2D eigenvalue weighted by molar-refractivity contribution is 5.73. The van der Waals surface area contributed by atoms with E-state index < -0.39 is 0 Å². The maximum absolute atomic E-state index is 11.1. The second-order valence-electron chi connectivity index (χ2n) is 2.65. The molecule has 0 atom stereocenters. The molecule has 0 unspecified atom stereocenters. The van der Waals surface area contributed by atoms with E-state index in [1.807, 2.05) is 24.6 Å². The monoisotopic (exact) mass is 196 g/mol. The summed E-state index contributed by atoms with van der Waals surface area (Å²) in [5, 5.41) is 1.90. The average Bonchev–Trinajstić information content (AvgIpc) is 2.15. The van der Waals surface area contributed by atoms with Crippen molar-refractivity contribution in [2.24, 2.45) is 0 Å². The highest BCUT2D eigenvalue weighted by Crippen LogP contribution is 2.04. The lowest BCUT2D eigenvalue weighted by Gasteiger charge is -2.01. The Morgan fingerprint density at radius 2 is 2.29 bits per heavy atom. The van der Waals surface area contributed by atoms with Crippen molar-refractivity contribution in [1.82, 2.24) is 0 Å². The van der Waals surface area contributed by atoms with Gasteiger partial charge in [0.05, 0.1) is 26.3 Å². The molecule has 0 bridgehead atoms. The smallest absolute Gasteiger partial charge is 0.310 e. The molecule has 0 aromatic carbocycles. The van der Waals surface area contributed by atoms with Crippen molar-refractivity contribution in [3.8, 4) is 0 Å². The van der Waals surface area contributed by atoms with Gasteiger partial charge in [0.1, 0.15) is 0 Å². The van der Waals surface area contributed by atoms with Crippen molar-refractivity contribution in [3.63, 3.8) is 0 Å². The summed E-state index contributed by atoms with van der Waals surface area (Å²) in [5.41, 5.74) is 0.900. The van der Waals surface area contributed by atoms with Gasteiger partial charge in [0, 0.05) is 0 Å². The highest BCUT2D eigenvalue weighted by atomic mass is 16.5. The fourth-order valence-electron chi connectivity index (χ4n) is 0.923. The van der Waals surface area contributed by atoms with Crippen LogP contribution in [0, 0.1) is 0 Å². The predicted molar refractivity (Wildman–Crippen MR) is 56.5 cm³/mol. The van der Waals surface area contributed by atoms with Crippen molar-refractivity contribution in [2.45, 2.75) is 13.3 Å². The van der Waals surface area contributed by atoms with E-state index in [-0.39, 0.29) is 5.97 Å². The molecule has 0 aromatic heterocycles. The number of nitrogens with two attached hydrogens (primary N) is 1. The van der Waals surface area contributed by atoms with Gasteiger partial charge in [0.25, 0.3) is 0 Å². The average molecular weight is 196 g/mol. The summed E-state index contributed by atoms with van der Waals surface area (Å²) in [4.78, 5) is 11.1. The minimum atomic E-state index is -0.207. The lowest BCUT2D eigenvalue weighted by atomic mass is 10.1. The van der Waals surface area contributed by atoms with Crippen LogP contribution in [0.2, 0.25) is 0 Å². The van der Waals surface area contributed by atoms with Gasteiger partial charge in [-0.1, -0.05) is 18.7 Å². The Bertz CT molecular complexity index is 242. The Labute approximate surface area is 85.1 Å². The summed E-state index contributed by atoms with van der Waals surface area (Å²) >= 11 is 0. The molecule has 0 rings (SSSR count). The number of allylic oxidation sites excluding steroid dienone is 3. The van der Waals surface area contributed by atoms with Gasteiger partial charge in [-0.15, -0.1) is 0 Å². The number of carbonyl (C=O) groups excluding carboxylic acids is 1. The molecule has 0 amide bonds. The molecule has 0 spiro atoms. The molecule has 0 aromatic rings. The summed E-state index contributed by atoms with van der Waals surface area (Å²) in [6.07, 6.45) is 7.52. The molecular weight excluding hydrogens is 178 g/mol. The molecule has 14 heavy (non-hydrogen) atoms. The number of carbonyl (C=O) groups is 1. The predicted octanol–water partition coefficient (Wildman–Crippen LogP) is 0.759. The second kappa shape index (κ2) is 8.26. The molecule has 0 aliphatic heterocycles. The summed E-state index contributed by atoms with van der Waals surface area (Å²) in [6.45, 7) is 5.81. The maximum Gasteiger partial charge on any atom is 0.310 e. The number of hydrogen-bond donors (Lipinski definition) is 1. The molecule has 0 fully saturated rings. The van der Waals surface area contributed by atoms with Crippen LogP contribution in [0.4, 0.5) is 0 Å². The standard InChI is InChI=1S/C11H17NO2/c1-4-6-10(7-8-12-3)9-11(13)14-5-2/h4,6-8,12H,1,5,9H2,2-3H3/p+1. The van der Waals surface area contributed by atoms with Gasteiger partial charge in [-0.25, -0.2) is 0 Å². The Balaban J connectivity index is 4.23. The second-order valence-corrected chi connectivity index (χ2v) is 2.65. The normalized spacial score (nSPS) is 11.7. The minimum Gasteiger partial charge on any atom is -0.466 e. The van der Waals surface area contributed by atoms with Crippen LogP contribution in [0.3, 0.4) is 0 Å². The van der Waals surface area contributed by atoms with Crippen LogP contribution in [0.1, 0.15) is 13.3 Å². The number of ether oxygens (including phenoxy) is 1. The Hall–Kier alpha value is -1.35. The van der Waals surface area contributed by atoms with Crippen LogP contribution in [0.25, 0.3) is 0 Å². The van der Waals surface area contributed by atoms with Crippen LogP contribution >= 0.6 is 0 Å². The van der Waals surface area contributed by atoms with E-state index in [4.69, 9.17) is 4.74 Å². The SMILES string of the molecule is C=CC=C(C=C[NH2+]C)CC(=O)OCC. The lowest BCUT2D eigenvalue weighted by Crippen LogP contribution is -2.72. The molecule has 0 saturated carbocycles. The van der Waals surface area contributed by atoms with Crippen molar-refractivity contribution in [3.05, 3.63) is 36.6 Å². The molecule has 0 aliphatic rings. The van der Waals surface area contributed by atoms with E-state index >= 15 is 0 Å². The third kappa shape index (κ3) is 6.20. The molecule has 2 N–H and O–H groups in total. The molecule has 0 aliphatic carbocycles. The first-order chi connectivity index (χ1) is 6.74. The fraction of sp³-hybridized carbons (Fsp3) is 0.364. The minimum absolute atomic E-state index is 0.207. The first-order valence-corrected chi connectivity index (χ1v) is 4.67. The van der Waals surface area contributed by atoms with Crippen LogP contribution in [-0.2, 0) is 9.53 Å². The van der Waals surface area contributed by atoms with Gasteiger partial charge < -0.3 is 10.1 Å². The zero-order chi connectivity index (χ0) is 10.8.